The van der Waals surface area contributed by atoms with Crippen LogP contribution in [0.15, 0.2) is 54.9 Å². The van der Waals surface area contributed by atoms with Gasteiger partial charge in [-0.1, -0.05) is 23.7 Å². The maximum absolute atomic E-state index is 14.0. The number of hydrogen-bond acceptors (Lipinski definition) is 7. The maximum Gasteiger partial charge on any atom is 0.196 e. The fraction of sp³-hybridized carbons (Fsp3) is 0.259. The number of anilines is 1. The summed E-state index contributed by atoms with van der Waals surface area (Å²) in [4.78, 5) is 21.1. The first-order valence-corrected chi connectivity index (χ1v) is 12.2. The van der Waals surface area contributed by atoms with E-state index in [1.165, 1.54) is 25.3 Å². The molecule has 37 heavy (non-hydrogen) atoms. The molecule has 0 amide bonds. The van der Waals surface area contributed by atoms with E-state index in [9.17, 15) is 14.3 Å². The Bertz CT molecular complexity index is 1440. The van der Waals surface area contributed by atoms with Crippen LogP contribution in [0.2, 0.25) is 5.02 Å². The molecule has 2 atom stereocenters. The van der Waals surface area contributed by atoms with Crippen molar-refractivity contribution in [2.75, 3.05) is 25.6 Å². The molecule has 1 aliphatic heterocycles. The number of aliphatic hydroxyl groups is 1. The quantitative estimate of drug-likeness (QED) is 0.267. The molecule has 3 N–H and O–H groups in total. The summed E-state index contributed by atoms with van der Waals surface area (Å²) in [5, 5.41) is 13.5. The Labute approximate surface area is 217 Å². The van der Waals surface area contributed by atoms with Gasteiger partial charge in [0, 0.05) is 23.9 Å². The summed E-state index contributed by atoms with van der Waals surface area (Å²) < 4.78 is 30.8. The molecule has 2 aromatic heterocycles. The Morgan fingerprint density at radius 1 is 1.24 bits per heavy atom. The smallest absolute Gasteiger partial charge is 0.196 e. The average Bonchev–Trinajstić information content (AvgIpc) is 3.35. The zero-order valence-corrected chi connectivity index (χ0v) is 20.7. The van der Waals surface area contributed by atoms with E-state index in [1.807, 2.05) is 0 Å². The van der Waals surface area contributed by atoms with Crippen molar-refractivity contribution in [2.24, 2.45) is 0 Å². The third-order valence-corrected chi connectivity index (χ3v) is 6.62. The van der Waals surface area contributed by atoms with Crippen molar-refractivity contribution in [3.05, 3.63) is 76.8 Å². The van der Waals surface area contributed by atoms with Gasteiger partial charge in [0.1, 0.15) is 11.4 Å². The predicted octanol–water partition coefficient (Wildman–Crippen LogP) is 5.34. The molecule has 4 aromatic rings. The fourth-order valence-corrected chi connectivity index (χ4v) is 4.62. The number of aromatic nitrogens is 2. The van der Waals surface area contributed by atoms with Gasteiger partial charge in [-0.2, -0.15) is 0 Å². The van der Waals surface area contributed by atoms with Gasteiger partial charge in [0.2, 0.25) is 0 Å². The van der Waals surface area contributed by atoms with Crippen molar-refractivity contribution in [3.8, 4) is 17.2 Å². The number of H-pyrrole nitrogens is 1. The number of nitrogens with zero attached hydrogens (tertiary/aromatic N) is 1. The Morgan fingerprint density at radius 2 is 2.08 bits per heavy atom. The van der Waals surface area contributed by atoms with E-state index in [-0.39, 0.29) is 40.9 Å². The van der Waals surface area contributed by atoms with Crippen LogP contribution in [0.1, 0.15) is 28.8 Å². The largest absolute Gasteiger partial charge is 0.493 e. The second-order valence-corrected chi connectivity index (χ2v) is 9.09. The van der Waals surface area contributed by atoms with E-state index in [2.05, 4.69) is 15.3 Å². The number of methoxy groups -OCH3 is 1. The summed E-state index contributed by atoms with van der Waals surface area (Å²) in [7, 11) is 1.53. The molecule has 1 aliphatic rings. The molecule has 2 aromatic carbocycles. The first-order chi connectivity index (χ1) is 18.0. The van der Waals surface area contributed by atoms with Crippen LogP contribution >= 0.6 is 11.6 Å². The molecular formula is C27H25ClFN3O5. The van der Waals surface area contributed by atoms with E-state index in [1.54, 1.807) is 36.7 Å². The molecule has 10 heteroatoms. The highest BCUT2D eigenvalue weighted by Crippen LogP contribution is 2.37. The SMILES string of the molecule is COc1cnc2[nH]cc(C(=O)c3ccc(Oc4ccccc4F)cc3Cl)c2c1N[C@@H]1CC[C@@H](CO)OC1. The number of nitrogens with one attached hydrogen (secondary N) is 2. The number of benzene rings is 2. The van der Waals surface area contributed by atoms with Gasteiger partial charge in [0.25, 0.3) is 0 Å². The van der Waals surface area contributed by atoms with E-state index < -0.39 is 5.82 Å². The lowest BCUT2D eigenvalue weighted by atomic mass is 10.0. The summed E-state index contributed by atoms with van der Waals surface area (Å²) in [5.41, 5.74) is 1.73. The lowest BCUT2D eigenvalue weighted by molar-refractivity contribution is -0.0223. The minimum atomic E-state index is -0.505. The topological polar surface area (TPSA) is 106 Å². The number of hydrogen-bond donors (Lipinski definition) is 3. The molecule has 0 saturated carbocycles. The highest BCUT2D eigenvalue weighted by molar-refractivity contribution is 6.36. The van der Waals surface area contributed by atoms with E-state index >= 15 is 0 Å². The van der Waals surface area contributed by atoms with Gasteiger partial charge in [0.05, 0.1) is 54.3 Å². The summed E-state index contributed by atoms with van der Waals surface area (Å²) >= 11 is 6.48. The van der Waals surface area contributed by atoms with Crippen molar-refractivity contribution < 1.29 is 28.5 Å². The van der Waals surface area contributed by atoms with Crippen LogP contribution in [0.25, 0.3) is 11.0 Å². The molecule has 0 spiro atoms. The minimum Gasteiger partial charge on any atom is -0.493 e. The summed E-state index contributed by atoms with van der Waals surface area (Å²) in [6.07, 6.45) is 4.48. The van der Waals surface area contributed by atoms with Crippen LogP contribution in [-0.4, -0.2) is 53.3 Å². The summed E-state index contributed by atoms with van der Waals surface area (Å²) in [6.45, 7) is 0.387. The number of rotatable bonds is 8. The number of ether oxygens (including phenoxy) is 3. The normalized spacial score (nSPS) is 17.5. The standard InChI is InChI=1S/C27H25ClFN3O5/c1-35-23-12-31-27-24(25(23)32-15-6-7-17(13-33)36-14-15)19(11-30-27)26(34)18-9-8-16(10-20(18)28)37-22-5-3-2-4-21(22)29/h2-5,8-12,15,17,33H,6-7,13-14H2,1H3,(H2,30,31,32)/t15-,17+/m1/s1. The summed E-state index contributed by atoms with van der Waals surface area (Å²) in [6, 6.07) is 10.6. The Balaban J connectivity index is 1.46. The van der Waals surface area contributed by atoms with Crippen LogP contribution in [0, 0.1) is 5.82 Å². The molecule has 192 valence electrons. The molecule has 0 radical (unpaired) electrons. The van der Waals surface area contributed by atoms with Crippen molar-refractivity contribution in [1.82, 2.24) is 9.97 Å². The number of carbonyl (C=O) groups is 1. The lowest BCUT2D eigenvalue weighted by Gasteiger charge is -2.29. The van der Waals surface area contributed by atoms with Gasteiger partial charge in [-0.05, 0) is 37.1 Å². The average molecular weight is 526 g/mol. The van der Waals surface area contributed by atoms with Gasteiger partial charge in [-0.3, -0.25) is 4.79 Å². The zero-order valence-electron chi connectivity index (χ0n) is 20.0. The monoisotopic (exact) mass is 525 g/mol. The molecule has 1 fully saturated rings. The number of para-hydroxylation sites is 1. The number of aromatic amines is 1. The number of fused-ring (bicyclic) bond motifs is 1. The molecule has 3 heterocycles. The molecular weight excluding hydrogens is 501 g/mol. The summed E-state index contributed by atoms with van der Waals surface area (Å²) in [5.74, 6) is 0.00130. The van der Waals surface area contributed by atoms with Crippen molar-refractivity contribution in [3.63, 3.8) is 0 Å². The van der Waals surface area contributed by atoms with Crippen LogP contribution in [0.5, 0.6) is 17.2 Å². The molecule has 8 nitrogen and oxygen atoms in total. The van der Waals surface area contributed by atoms with Crippen molar-refractivity contribution >= 4 is 34.1 Å². The van der Waals surface area contributed by atoms with Gasteiger partial charge in [-0.15, -0.1) is 0 Å². The maximum atomic E-state index is 14.0. The van der Waals surface area contributed by atoms with Crippen molar-refractivity contribution in [2.45, 2.75) is 25.0 Å². The van der Waals surface area contributed by atoms with Gasteiger partial charge in [-0.25, -0.2) is 9.37 Å². The van der Waals surface area contributed by atoms with E-state index in [0.717, 1.165) is 6.42 Å². The molecule has 1 saturated heterocycles. The second-order valence-electron chi connectivity index (χ2n) is 8.69. The Hall–Kier alpha value is -3.66. The third kappa shape index (κ3) is 5.11. The Morgan fingerprint density at radius 3 is 2.78 bits per heavy atom. The van der Waals surface area contributed by atoms with Crippen LogP contribution in [0.3, 0.4) is 0 Å². The predicted molar refractivity (Wildman–Crippen MR) is 137 cm³/mol. The number of pyridine rings is 1. The van der Waals surface area contributed by atoms with Crippen LogP contribution < -0.4 is 14.8 Å². The van der Waals surface area contributed by atoms with Crippen LogP contribution in [0.4, 0.5) is 10.1 Å². The van der Waals surface area contributed by atoms with Gasteiger partial charge >= 0.3 is 0 Å². The molecule has 0 bridgehead atoms. The Kier molecular flexibility index (Phi) is 7.27. The molecule has 0 unspecified atom stereocenters. The highest BCUT2D eigenvalue weighted by Gasteiger charge is 2.26. The fourth-order valence-electron chi connectivity index (χ4n) is 4.37. The van der Waals surface area contributed by atoms with Gasteiger partial charge < -0.3 is 29.6 Å². The number of aliphatic hydroxyl groups excluding tert-OH is 1. The minimum absolute atomic E-state index is 0.0170. The highest BCUT2D eigenvalue weighted by atomic mass is 35.5. The van der Waals surface area contributed by atoms with Gasteiger partial charge in [0.15, 0.2) is 23.1 Å². The second kappa shape index (κ2) is 10.8. The zero-order chi connectivity index (χ0) is 25.9. The van der Waals surface area contributed by atoms with Crippen molar-refractivity contribution in [1.29, 1.82) is 0 Å². The number of halogens is 2. The first-order valence-electron chi connectivity index (χ1n) is 11.8. The third-order valence-electron chi connectivity index (χ3n) is 6.30. The van der Waals surface area contributed by atoms with E-state index in [4.69, 9.17) is 25.8 Å². The number of ketones is 1. The molecule has 5 rings (SSSR count). The van der Waals surface area contributed by atoms with Crippen LogP contribution in [-0.2, 0) is 4.74 Å². The molecule has 0 aliphatic carbocycles. The first kappa shape index (κ1) is 25.0. The van der Waals surface area contributed by atoms with E-state index in [0.29, 0.717) is 46.8 Å². The lowest BCUT2D eigenvalue weighted by Crippen LogP contribution is -2.36. The number of carbonyl (C=O) groups excluding carboxylic acids is 1.